The van der Waals surface area contributed by atoms with E-state index in [9.17, 15) is 9.90 Å². The zero-order chi connectivity index (χ0) is 18.6. The first-order valence-corrected chi connectivity index (χ1v) is 11.9. The molecule has 2 saturated heterocycles. The standard InChI is InChI=1S/C18H34O5Si/c1-9-21-15(20)13-17(5,6)14-12(19)10-18(13,23-14)11-22-24(7,8)16(2,3)4/h12-14,19H,9-11H2,1-8H3/t12-,13-,14-,18-/m0/s1. The highest BCUT2D eigenvalue weighted by Crippen LogP contribution is 2.58. The van der Waals surface area contributed by atoms with Crippen molar-refractivity contribution in [1.29, 1.82) is 0 Å². The van der Waals surface area contributed by atoms with Gasteiger partial charge in [0.25, 0.3) is 0 Å². The SMILES string of the molecule is CCOC(=O)[C@H]1C(C)(C)[C@H]2O[C@]1(CO[Si](C)(C)C(C)(C)C)C[C@@H]2O. The second-order valence-corrected chi connectivity index (χ2v) is 14.2. The summed E-state index contributed by atoms with van der Waals surface area (Å²) in [6.07, 6.45) is -0.484. The van der Waals surface area contributed by atoms with Gasteiger partial charge in [-0.15, -0.1) is 0 Å². The van der Waals surface area contributed by atoms with Crippen LogP contribution in [0.2, 0.25) is 18.1 Å². The Labute approximate surface area is 147 Å². The fraction of sp³-hybridized carbons (Fsp3) is 0.944. The van der Waals surface area contributed by atoms with Crippen LogP contribution in [-0.4, -0.2) is 50.4 Å². The lowest BCUT2D eigenvalue weighted by molar-refractivity contribution is -0.159. The van der Waals surface area contributed by atoms with Gasteiger partial charge in [-0.1, -0.05) is 34.6 Å². The molecule has 4 atom stereocenters. The van der Waals surface area contributed by atoms with Crippen molar-refractivity contribution in [3.63, 3.8) is 0 Å². The quantitative estimate of drug-likeness (QED) is 0.604. The summed E-state index contributed by atoms with van der Waals surface area (Å²) in [6.45, 7) is 17.4. The Morgan fingerprint density at radius 3 is 2.42 bits per heavy atom. The van der Waals surface area contributed by atoms with Crippen molar-refractivity contribution in [3.8, 4) is 0 Å². The molecule has 0 aromatic carbocycles. The molecule has 0 aromatic rings. The molecular weight excluding hydrogens is 324 g/mol. The van der Waals surface area contributed by atoms with Crippen LogP contribution in [0.15, 0.2) is 0 Å². The molecule has 2 aliphatic rings. The van der Waals surface area contributed by atoms with Gasteiger partial charge in [-0.05, 0) is 25.1 Å². The van der Waals surface area contributed by atoms with Gasteiger partial charge in [0.15, 0.2) is 8.32 Å². The van der Waals surface area contributed by atoms with Gasteiger partial charge in [0.05, 0.1) is 31.3 Å². The van der Waals surface area contributed by atoms with E-state index in [1.165, 1.54) is 0 Å². The number of hydrogen-bond donors (Lipinski definition) is 1. The fourth-order valence-electron chi connectivity index (χ4n) is 3.96. The van der Waals surface area contributed by atoms with Crippen molar-refractivity contribution in [1.82, 2.24) is 0 Å². The number of carbonyl (C=O) groups excluding carboxylic acids is 1. The van der Waals surface area contributed by atoms with Crippen molar-refractivity contribution in [2.24, 2.45) is 11.3 Å². The summed E-state index contributed by atoms with van der Waals surface area (Å²) in [5.74, 6) is -0.654. The van der Waals surface area contributed by atoms with Crippen LogP contribution < -0.4 is 0 Å². The van der Waals surface area contributed by atoms with Crippen molar-refractivity contribution in [2.45, 2.75) is 83.9 Å². The zero-order valence-electron chi connectivity index (χ0n) is 16.4. The molecule has 2 fully saturated rings. The molecule has 0 spiro atoms. The maximum Gasteiger partial charge on any atom is 0.312 e. The van der Waals surface area contributed by atoms with Crippen LogP contribution in [0, 0.1) is 11.3 Å². The Hall–Kier alpha value is -0.433. The van der Waals surface area contributed by atoms with Gasteiger partial charge in [0, 0.05) is 11.8 Å². The topological polar surface area (TPSA) is 65.0 Å². The highest BCUT2D eigenvalue weighted by molar-refractivity contribution is 6.74. The molecule has 0 aliphatic carbocycles. The number of aliphatic hydroxyl groups is 1. The van der Waals surface area contributed by atoms with Gasteiger partial charge < -0.3 is 19.0 Å². The summed E-state index contributed by atoms with van der Waals surface area (Å²) in [5.41, 5.74) is -1.25. The largest absolute Gasteiger partial charge is 0.466 e. The normalized spacial score (nSPS) is 35.3. The van der Waals surface area contributed by atoms with Gasteiger partial charge >= 0.3 is 5.97 Å². The van der Waals surface area contributed by atoms with Crippen LogP contribution in [0.4, 0.5) is 0 Å². The van der Waals surface area contributed by atoms with Crippen LogP contribution in [0.3, 0.4) is 0 Å². The minimum atomic E-state index is -1.98. The van der Waals surface area contributed by atoms with E-state index in [-0.39, 0.29) is 17.1 Å². The van der Waals surface area contributed by atoms with Crippen molar-refractivity contribution >= 4 is 14.3 Å². The van der Waals surface area contributed by atoms with E-state index >= 15 is 0 Å². The van der Waals surface area contributed by atoms with Crippen LogP contribution in [0.25, 0.3) is 0 Å². The molecule has 140 valence electrons. The second kappa shape index (κ2) is 6.08. The number of rotatable bonds is 5. The number of ether oxygens (including phenoxy) is 2. The smallest absolute Gasteiger partial charge is 0.312 e. The Balaban J connectivity index is 2.28. The number of fused-ring (bicyclic) bond motifs is 2. The van der Waals surface area contributed by atoms with Gasteiger partial charge in [0.2, 0.25) is 0 Å². The maximum absolute atomic E-state index is 12.7. The highest BCUT2D eigenvalue weighted by Gasteiger charge is 2.70. The van der Waals surface area contributed by atoms with E-state index in [1.807, 2.05) is 20.8 Å². The third-order valence-corrected chi connectivity index (χ3v) is 10.8. The molecule has 0 amide bonds. The van der Waals surface area contributed by atoms with Gasteiger partial charge in [0.1, 0.15) is 5.60 Å². The lowest BCUT2D eigenvalue weighted by Gasteiger charge is -2.43. The summed E-state index contributed by atoms with van der Waals surface area (Å²) >= 11 is 0. The molecule has 0 unspecified atom stereocenters. The third kappa shape index (κ3) is 3.06. The highest BCUT2D eigenvalue weighted by atomic mass is 28.4. The molecule has 0 radical (unpaired) electrons. The minimum Gasteiger partial charge on any atom is -0.466 e. The molecule has 6 heteroatoms. The van der Waals surface area contributed by atoms with Crippen molar-refractivity contribution in [3.05, 3.63) is 0 Å². The van der Waals surface area contributed by atoms with Crippen molar-refractivity contribution < 1.29 is 23.8 Å². The van der Waals surface area contributed by atoms with E-state index in [2.05, 4.69) is 33.9 Å². The number of carbonyl (C=O) groups is 1. The predicted molar refractivity (Wildman–Crippen MR) is 95.3 cm³/mol. The van der Waals surface area contributed by atoms with Gasteiger partial charge in [-0.2, -0.15) is 0 Å². The van der Waals surface area contributed by atoms with Crippen LogP contribution >= 0.6 is 0 Å². The molecule has 0 saturated carbocycles. The van der Waals surface area contributed by atoms with Crippen LogP contribution in [-0.2, 0) is 18.7 Å². The lowest BCUT2D eigenvalue weighted by atomic mass is 9.63. The van der Waals surface area contributed by atoms with E-state index < -0.39 is 31.4 Å². The maximum atomic E-state index is 12.7. The number of esters is 1. The molecular formula is C18H34O5Si. The third-order valence-electron chi connectivity index (χ3n) is 6.28. The molecule has 2 rings (SSSR count). The summed E-state index contributed by atoms with van der Waals surface area (Å²) in [4.78, 5) is 12.7. The van der Waals surface area contributed by atoms with E-state index in [0.717, 1.165) is 0 Å². The molecule has 0 aromatic heterocycles. The molecule has 2 bridgehead atoms. The van der Waals surface area contributed by atoms with Crippen LogP contribution in [0.5, 0.6) is 0 Å². The van der Waals surface area contributed by atoms with E-state index in [1.54, 1.807) is 0 Å². The average molecular weight is 359 g/mol. The molecule has 24 heavy (non-hydrogen) atoms. The minimum absolute atomic E-state index is 0.0772. The first kappa shape index (κ1) is 19.9. The Morgan fingerprint density at radius 2 is 1.92 bits per heavy atom. The van der Waals surface area contributed by atoms with Gasteiger partial charge in [-0.3, -0.25) is 4.79 Å². The van der Waals surface area contributed by atoms with E-state index in [4.69, 9.17) is 13.9 Å². The van der Waals surface area contributed by atoms with Crippen molar-refractivity contribution in [2.75, 3.05) is 13.2 Å². The lowest BCUT2D eigenvalue weighted by Crippen LogP contribution is -2.55. The number of hydrogen-bond acceptors (Lipinski definition) is 5. The summed E-state index contributed by atoms with van der Waals surface area (Å²) in [7, 11) is -1.98. The Bertz CT molecular complexity index is 496. The molecule has 2 aliphatic heterocycles. The molecule has 1 N–H and O–H groups in total. The number of aliphatic hydroxyl groups excluding tert-OH is 1. The first-order valence-electron chi connectivity index (χ1n) is 8.95. The first-order chi connectivity index (χ1) is 10.8. The average Bonchev–Trinajstić information content (AvgIpc) is 2.84. The van der Waals surface area contributed by atoms with E-state index in [0.29, 0.717) is 19.6 Å². The monoisotopic (exact) mass is 358 g/mol. The van der Waals surface area contributed by atoms with Gasteiger partial charge in [-0.25, -0.2) is 0 Å². The summed E-state index contributed by atoms with van der Waals surface area (Å²) < 4.78 is 17.9. The Morgan fingerprint density at radius 1 is 1.33 bits per heavy atom. The Kier molecular flexibility index (Phi) is 5.03. The zero-order valence-corrected chi connectivity index (χ0v) is 17.4. The molecule has 5 nitrogen and oxygen atoms in total. The van der Waals surface area contributed by atoms with Crippen LogP contribution in [0.1, 0.15) is 48.0 Å². The predicted octanol–water partition coefficient (Wildman–Crippen LogP) is 3.12. The summed E-state index contributed by atoms with van der Waals surface area (Å²) in [5, 5.41) is 10.5. The summed E-state index contributed by atoms with van der Waals surface area (Å²) in [6, 6.07) is 0. The molecule has 2 heterocycles. The second-order valence-electron chi connectivity index (χ2n) is 9.43. The fourth-order valence-corrected chi connectivity index (χ4v) is 4.99.